The van der Waals surface area contributed by atoms with Crippen LogP contribution < -0.4 is 5.32 Å². The summed E-state index contributed by atoms with van der Waals surface area (Å²) in [7, 11) is 0. The Kier molecular flexibility index (Phi) is 5.33. The topological polar surface area (TPSA) is 45.2 Å². The molecule has 4 nitrogen and oxygen atoms in total. The van der Waals surface area contributed by atoms with Crippen LogP contribution in [0.25, 0.3) is 0 Å². The number of hydrogen-bond donors (Lipinski definition) is 1. The summed E-state index contributed by atoms with van der Waals surface area (Å²) in [6.45, 7) is 4.89. The van der Waals surface area contributed by atoms with Crippen LogP contribution >= 0.6 is 0 Å². The van der Waals surface area contributed by atoms with E-state index >= 15 is 0 Å². The number of rotatable bonds is 5. The maximum atomic E-state index is 12.3. The Hall–Kier alpha value is -1.42. The molecule has 1 saturated heterocycles. The highest BCUT2D eigenvalue weighted by molar-refractivity contribution is 5.76. The lowest BCUT2D eigenvalue weighted by Crippen LogP contribution is -2.48. The molecule has 0 spiro atoms. The molecule has 0 radical (unpaired) electrons. The largest absolute Gasteiger partial charge is 0.339 e. The van der Waals surface area contributed by atoms with Gasteiger partial charge in [0.25, 0.3) is 0 Å². The summed E-state index contributed by atoms with van der Waals surface area (Å²) < 4.78 is 0. The van der Waals surface area contributed by atoms with Crippen molar-refractivity contribution in [2.45, 2.75) is 38.6 Å². The first-order chi connectivity index (χ1) is 9.31. The zero-order valence-electron chi connectivity index (χ0n) is 11.6. The van der Waals surface area contributed by atoms with E-state index in [1.807, 2.05) is 23.2 Å². The second-order valence-corrected chi connectivity index (χ2v) is 5.04. The third-order valence-corrected chi connectivity index (χ3v) is 3.72. The number of nitrogens with zero attached hydrogens (tertiary/aromatic N) is 2. The average molecular weight is 261 g/mol. The molecule has 0 bridgehead atoms. The van der Waals surface area contributed by atoms with Crippen molar-refractivity contribution in [1.82, 2.24) is 15.2 Å². The minimum Gasteiger partial charge on any atom is -0.339 e. The first-order valence-electron chi connectivity index (χ1n) is 7.20. The minimum atomic E-state index is 0.264. The van der Waals surface area contributed by atoms with Crippen LogP contribution in [0.5, 0.6) is 0 Å². The van der Waals surface area contributed by atoms with Crippen LogP contribution in [0.4, 0.5) is 0 Å². The van der Waals surface area contributed by atoms with Gasteiger partial charge in [-0.1, -0.05) is 6.07 Å². The lowest BCUT2D eigenvalue weighted by molar-refractivity contribution is -0.133. The highest BCUT2D eigenvalue weighted by atomic mass is 16.2. The van der Waals surface area contributed by atoms with Gasteiger partial charge in [0.15, 0.2) is 0 Å². The first kappa shape index (κ1) is 14.0. The highest BCUT2D eigenvalue weighted by Crippen LogP contribution is 2.12. The fourth-order valence-electron chi connectivity index (χ4n) is 2.68. The van der Waals surface area contributed by atoms with Crippen LogP contribution in [0, 0.1) is 0 Å². The fourth-order valence-corrected chi connectivity index (χ4v) is 2.68. The number of hydrogen-bond acceptors (Lipinski definition) is 3. The van der Waals surface area contributed by atoms with E-state index in [-0.39, 0.29) is 5.91 Å². The van der Waals surface area contributed by atoms with Crippen molar-refractivity contribution < 1.29 is 4.79 Å². The molecule has 0 saturated carbocycles. The van der Waals surface area contributed by atoms with E-state index in [1.165, 1.54) is 0 Å². The van der Waals surface area contributed by atoms with Crippen LogP contribution in [-0.2, 0) is 11.2 Å². The Morgan fingerprint density at radius 2 is 2.47 bits per heavy atom. The van der Waals surface area contributed by atoms with E-state index in [9.17, 15) is 4.79 Å². The number of aryl methyl sites for hydroxylation is 1. The second-order valence-electron chi connectivity index (χ2n) is 5.04. The summed E-state index contributed by atoms with van der Waals surface area (Å²) in [4.78, 5) is 18.4. The molecule has 1 fully saturated rings. The molecule has 0 aromatic carbocycles. The molecule has 1 atom stereocenters. The van der Waals surface area contributed by atoms with Gasteiger partial charge in [0.05, 0.1) is 0 Å². The molecule has 1 aromatic rings. The number of amides is 1. The van der Waals surface area contributed by atoms with E-state index in [1.54, 1.807) is 6.20 Å². The maximum Gasteiger partial charge on any atom is 0.223 e. The summed E-state index contributed by atoms with van der Waals surface area (Å²) in [5.41, 5.74) is 1.13. The number of carbonyl (C=O) groups excluding carboxylic acids is 1. The molecule has 19 heavy (non-hydrogen) atoms. The van der Waals surface area contributed by atoms with Crippen molar-refractivity contribution in [2.75, 3.05) is 19.6 Å². The van der Waals surface area contributed by atoms with Gasteiger partial charge in [-0.2, -0.15) is 0 Å². The van der Waals surface area contributed by atoms with E-state index in [0.717, 1.165) is 44.5 Å². The Morgan fingerprint density at radius 3 is 3.11 bits per heavy atom. The smallest absolute Gasteiger partial charge is 0.223 e. The summed E-state index contributed by atoms with van der Waals surface area (Å²) in [6.07, 6.45) is 7.25. The first-order valence-corrected chi connectivity index (χ1v) is 7.20. The summed E-state index contributed by atoms with van der Waals surface area (Å²) in [5.74, 6) is 0.264. The third-order valence-electron chi connectivity index (χ3n) is 3.72. The Balaban J connectivity index is 1.86. The monoisotopic (exact) mass is 261 g/mol. The molecule has 1 N–H and O–H groups in total. The number of likely N-dealkylation sites (N-methyl/N-ethyl adjacent to an activating group) is 1. The van der Waals surface area contributed by atoms with Gasteiger partial charge in [0.1, 0.15) is 0 Å². The Labute approximate surface area is 115 Å². The van der Waals surface area contributed by atoms with Gasteiger partial charge in [-0.25, -0.2) is 0 Å². The Morgan fingerprint density at radius 1 is 1.58 bits per heavy atom. The molecule has 1 amide bonds. The van der Waals surface area contributed by atoms with E-state index in [4.69, 9.17) is 0 Å². The van der Waals surface area contributed by atoms with Gasteiger partial charge >= 0.3 is 0 Å². The number of piperidine rings is 1. The van der Waals surface area contributed by atoms with Crippen LogP contribution in [0.2, 0.25) is 0 Å². The standard InChI is InChI=1S/C15H23N3O/c1-2-18(14-6-4-10-17-12-14)15(19)8-7-13-5-3-9-16-11-13/h3,5,9,11,14,17H,2,4,6-8,10,12H2,1H3. The molecule has 2 heterocycles. The van der Waals surface area contributed by atoms with Crippen molar-refractivity contribution in [2.24, 2.45) is 0 Å². The van der Waals surface area contributed by atoms with Crippen molar-refractivity contribution >= 4 is 5.91 Å². The normalized spacial score (nSPS) is 19.1. The van der Waals surface area contributed by atoms with E-state index in [2.05, 4.69) is 17.2 Å². The SMILES string of the molecule is CCN(C(=O)CCc1cccnc1)C1CCCNC1. The zero-order chi connectivity index (χ0) is 13.5. The highest BCUT2D eigenvalue weighted by Gasteiger charge is 2.23. The predicted octanol–water partition coefficient (Wildman–Crippen LogP) is 1.61. The summed E-state index contributed by atoms with van der Waals surface area (Å²) in [5, 5.41) is 3.37. The molecule has 4 heteroatoms. The molecule has 1 unspecified atom stereocenters. The molecule has 1 aliphatic rings. The number of nitrogens with one attached hydrogen (secondary N) is 1. The van der Waals surface area contributed by atoms with Gasteiger partial charge in [-0.3, -0.25) is 9.78 Å². The number of pyridine rings is 1. The lowest BCUT2D eigenvalue weighted by Gasteiger charge is -2.34. The molecule has 2 rings (SSSR count). The van der Waals surface area contributed by atoms with Crippen molar-refractivity contribution in [3.8, 4) is 0 Å². The molecular weight excluding hydrogens is 238 g/mol. The van der Waals surface area contributed by atoms with Crippen LogP contribution in [0.15, 0.2) is 24.5 Å². The van der Waals surface area contributed by atoms with Gasteiger partial charge in [0, 0.05) is 37.9 Å². The summed E-state index contributed by atoms with van der Waals surface area (Å²) in [6, 6.07) is 4.32. The van der Waals surface area contributed by atoms with Crippen molar-refractivity contribution in [1.29, 1.82) is 0 Å². The lowest BCUT2D eigenvalue weighted by atomic mass is 10.0. The molecular formula is C15H23N3O. The molecule has 104 valence electrons. The van der Waals surface area contributed by atoms with Crippen LogP contribution in [-0.4, -0.2) is 41.5 Å². The second kappa shape index (κ2) is 7.24. The maximum absolute atomic E-state index is 12.3. The molecule has 1 aliphatic heterocycles. The zero-order valence-corrected chi connectivity index (χ0v) is 11.6. The quantitative estimate of drug-likeness (QED) is 0.876. The fraction of sp³-hybridized carbons (Fsp3) is 0.600. The van der Waals surface area contributed by atoms with Crippen molar-refractivity contribution in [3.63, 3.8) is 0 Å². The number of carbonyl (C=O) groups is 1. The molecule has 1 aromatic heterocycles. The van der Waals surface area contributed by atoms with E-state index in [0.29, 0.717) is 12.5 Å². The van der Waals surface area contributed by atoms with Gasteiger partial charge in [-0.15, -0.1) is 0 Å². The van der Waals surface area contributed by atoms with Gasteiger partial charge < -0.3 is 10.2 Å². The number of aromatic nitrogens is 1. The van der Waals surface area contributed by atoms with Gasteiger partial charge in [0.2, 0.25) is 5.91 Å². The third kappa shape index (κ3) is 4.03. The van der Waals surface area contributed by atoms with E-state index < -0.39 is 0 Å². The van der Waals surface area contributed by atoms with Gasteiger partial charge in [-0.05, 0) is 44.4 Å². The Bertz CT molecular complexity index is 388. The average Bonchev–Trinajstić information content (AvgIpc) is 2.48. The minimum absolute atomic E-state index is 0.264. The van der Waals surface area contributed by atoms with Crippen LogP contribution in [0.3, 0.4) is 0 Å². The summed E-state index contributed by atoms with van der Waals surface area (Å²) >= 11 is 0. The van der Waals surface area contributed by atoms with Crippen LogP contribution in [0.1, 0.15) is 31.7 Å². The molecule has 0 aliphatic carbocycles. The predicted molar refractivity (Wildman–Crippen MR) is 75.8 cm³/mol. The van der Waals surface area contributed by atoms with Crippen molar-refractivity contribution in [3.05, 3.63) is 30.1 Å².